The third-order valence-corrected chi connectivity index (χ3v) is 8.27. The van der Waals surface area contributed by atoms with Gasteiger partial charge in [-0.25, -0.2) is 13.5 Å². The van der Waals surface area contributed by atoms with Crippen molar-refractivity contribution in [2.24, 2.45) is 0 Å². The summed E-state index contributed by atoms with van der Waals surface area (Å²) in [6, 6.07) is 12.9. The quantitative estimate of drug-likeness (QED) is 0.344. The Bertz CT molecular complexity index is 1570. The Morgan fingerprint density at radius 1 is 1.05 bits per heavy atom. The Hall–Kier alpha value is -3.87. The highest BCUT2D eigenvalue weighted by Crippen LogP contribution is 2.36. The van der Waals surface area contributed by atoms with Gasteiger partial charge in [-0.15, -0.1) is 0 Å². The van der Waals surface area contributed by atoms with E-state index in [1.54, 1.807) is 49.8 Å². The molecular formula is C27H29F2N7O2S. The fraction of sp³-hybridized carbons (Fsp3) is 0.259. The van der Waals surface area contributed by atoms with Crippen LogP contribution in [0.3, 0.4) is 0 Å². The average Bonchev–Trinajstić information content (AvgIpc) is 3.39. The summed E-state index contributed by atoms with van der Waals surface area (Å²) in [5, 5.41) is 7.91. The second kappa shape index (κ2) is 11.1. The number of rotatable bonds is 8. The molecule has 2 aromatic heterocycles. The summed E-state index contributed by atoms with van der Waals surface area (Å²) in [5.41, 5.74) is 2.31. The van der Waals surface area contributed by atoms with Crippen LogP contribution in [0.2, 0.25) is 0 Å². The molecule has 0 saturated carbocycles. The topological polar surface area (TPSA) is 95.4 Å². The number of nitrogens with zero attached hydrogens (tertiary/aromatic N) is 5. The second-order valence-corrected chi connectivity index (χ2v) is 10.9. The summed E-state index contributed by atoms with van der Waals surface area (Å²) in [7, 11) is -2.55. The van der Waals surface area contributed by atoms with E-state index in [4.69, 9.17) is 0 Å². The summed E-state index contributed by atoms with van der Waals surface area (Å²) in [6.45, 7) is 5.12. The monoisotopic (exact) mass is 553 g/mol. The van der Waals surface area contributed by atoms with Gasteiger partial charge in [0.25, 0.3) is 0 Å². The van der Waals surface area contributed by atoms with Crippen molar-refractivity contribution in [2.45, 2.75) is 6.92 Å². The first-order valence-electron chi connectivity index (χ1n) is 12.6. The molecule has 4 aromatic rings. The number of pyridine rings is 1. The van der Waals surface area contributed by atoms with Crippen molar-refractivity contribution in [1.82, 2.24) is 24.4 Å². The van der Waals surface area contributed by atoms with Crippen LogP contribution in [0.25, 0.3) is 28.1 Å². The minimum Gasteiger partial charge on any atom is -0.369 e. The molecule has 1 aliphatic rings. The molecule has 5 rings (SSSR count). The van der Waals surface area contributed by atoms with E-state index in [0.29, 0.717) is 16.8 Å². The van der Waals surface area contributed by atoms with Gasteiger partial charge in [-0.1, -0.05) is 19.1 Å². The summed E-state index contributed by atoms with van der Waals surface area (Å²) in [6.07, 6.45) is 4.72. The fourth-order valence-corrected chi connectivity index (χ4v) is 5.36. The summed E-state index contributed by atoms with van der Waals surface area (Å²) < 4.78 is 61.1. The van der Waals surface area contributed by atoms with Gasteiger partial charge in [0.2, 0.25) is 0 Å². The highest BCUT2D eigenvalue weighted by molar-refractivity contribution is 7.90. The zero-order valence-electron chi connectivity index (χ0n) is 21.6. The Kier molecular flexibility index (Phi) is 7.60. The molecule has 0 unspecified atom stereocenters. The molecule has 2 aromatic carbocycles. The molecule has 1 fully saturated rings. The van der Waals surface area contributed by atoms with Crippen LogP contribution in [0.4, 0.5) is 20.2 Å². The molecule has 12 heteroatoms. The maximum absolute atomic E-state index is 15.8. The maximum atomic E-state index is 15.8. The summed E-state index contributed by atoms with van der Waals surface area (Å²) >= 11 is 0. The summed E-state index contributed by atoms with van der Waals surface area (Å²) in [4.78, 5) is 6.15. The SMILES string of the molecule is CCN(C)S(=O)(=O)Nc1cccc(-c2cn(-c3ccc(N4CCNCC4)cc3F)nc2-c2ccncc2)c1F. The molecule has 0 radical (unpaired) electrons. The maximum Gasteiger partial charge on any atom is 0.301 e. The molecule has 1 aliphatic heterocycles. The molecule has 39 heavy (non-hydrogen) atoms. The van der Waals surface area contributed by atoms with Crippen LogP contribution in [0.1, 0.15) is 6.92 Å². The van der Waals surface area contributed by atoms with Gasteiger partial charge in [-0.2, -0.15) is 17.8 Å². The molecule has 204 valence electrons. The lowest BCUT2D eigenvalue weighted by Crippen LogP contribution is -2.43. The molecule has 0 spiro atoms. The van der Waals surface area contributed by atoms with Crippen LogP contribution in [0.15, 0.2) is 67.1 Å². The van der Waals surface area contributed by atoms with Crippen molar-refractivity contribution in [3.8, 4) is 28.1 Å². The van der Waals surface area contributed by atoms with Gasteiger partial charge in [0.15, 0.2) is 11.6 Å². The second-order valence-electron chi connectivity index (χ2n) is 9.13. The van der Waals surface area contributed by atoms with Crippen molar-refractivity contribution in [3.63, 3.8) is 0 Å². The van der Waals surface area contributed by atoms with Crippen LogP contribution in [-0.4, -0.2) is 67.3 Å². The lowest BCUT2D eigenvalue weighted by molar-refractivity contribution is 0.491. The van der Waals surface area contributed by atoms with Crippen molar-refractivity contribution in [1.29, 1.82) is 0 Å². The zero-order chi connectivity index (χ0) is 27.6. The van der Waals surface area contributed by atoms with Gasteiger partial charge in [-0.3, -0.25) is 9.71 Å². The first kappa shape index (κ1) is 26.7. The number of nitrogens with one attached hydrogen (secondary N) is 2. The Morgan fingerprint density at radius 3 is 2.49 bits per heavy atom. The Balaban J connectivity index is 1.59. The smallest absolute Gasteiger partial charge is 0.301 e. The molecule has 0 bridgehead atoms. The van der Waals surface area contributed by atoms with E-state index in [1.807, 2.05) is 6.07 Å². The Labute approximate surface area is 226 Å². The van der Waals surface area contributed by atoms with Crippen molar-refractivity contribution in [2.75, 3.05) is 49.4 Å². The van der Waals surface area contributed by atoms with E-state index in [0.717, 1.165) is 36.2 Å². The number of hydrogen-bond acceptors (Lipinski definition) is 6. The predicted octanol–water partition coefficient (Wildman–Crippen LogP) is 3.90. The highest BCUT2D eigenvalue weighted by atomic mass is 32.2. The molecule has 2 N–H and O–H groups in total. The number of halogens is 2. The van der Waals surface area contributed by atoms with Crippen LogP contribution in [0, 0.1) is 11.6 Å². The molecule has 9 nitrogen and oxygen atoms in total. The molecule has 0 atom stereocenters. The van der Waals surface area contributed by atoms with E-state index in [9.17, 15) is 8.42 Å². The summed E-state index contributed by atoms with van der Waals surface area (Å²) in [5.74, 6) is -1.24. The molecule has 0 aliphatic carbocycles. The average molecular weight is 554 g/mol. The minimum atomic E-state index is -3.95. The van der Waals surface area contributed by atoms with E-state index < -0.39 is 21.8 Å². The lowest BCUT2D eigenvalue weighted by Gasteiger charge is -2.29. The molecular weight excluding hydrogens is 524 g/mol. The van der Waals surface area contributed by atoms with Crippen molar-refractivity contribution >= 4 is 21.6 Å². The lowest BCUT2D eigenvalue weighted by atomic mass is 10.0. The number of hydrogen-bond donors (Lipinski definition) is 2. The fourth-order valence-electron chi connectivity index (χ4n) is 4.42. The van der Waals surface area contributed by atoms with Gasteiger partial charge in [0.05, 0.1) is 5.69 Å². The number of benzene rings is 2. The van der Waals surface area contributed by atoms with E-state index in [1.165, 1.54) is 29.9 Å². The van der Waals surface area contributed by atoms with Crippen molar-refractivity contribution < 1.29 is 17.2 Å². The van der Waals surface area contributed by atoms with Crippen LogP contribution in [-0.2, 0) is 10.2 Å². The van der Waals surface area contributed by atoms with Gasteiger partial charge < -0.3 is 10.2 Å². The van der Waals surface area contributed by atoms with E-state index in [2.05, 4.69) is 25.0 Å². The molecule has 1 saturated heterocycles. The zero-order valence-corrected chi connectivity index (χ0v) is 22.4. The predicted molar refractivity (Wildman–Crippen MR) is 148 cm³/mol. The number of aromatic nitrogens is 3. The molecule has 3 heterocycles. The van der Waals surface area contributed by atoms with Crippen LogP contribution >= 0.6 is 0 Å². The first-order chi connectivity index (χ1) is 18.8. The van der Waals surface area contributed by atoms with Gasteiger partial charge in [-0.05, 0) is 36.4 Å². The Morgan fingerprint density at radius 2 is 1.79 bits per heavy atom. The largest absolute Gasteiger partial charge is 0.369 e. The van der Waals surface area contributed by atoms with Gasteiger partial charge in [0, 0.05) is 80.7 Å². The van der Waals surface area contributed by atoms with E-state index >= 15 is 8.78 Å². The third kappa shape index (κ3) is 5.49. The van der Waals surface area contributed by atoms with Gasteiger partial charge in [0.1, 0.15) is 11.4 Å². The number of anilines is 2. The molecule has 0 amide bonds. The van der Waals surface area contributed by atoms with Gasteiger partial charge >= 0.3 is 10.2 Å². The normalized spacial score (nSPS) is 14.1. The standard InChI is InChI=1S/C27H29F2N7O2S/c1-3-34(2)39(37,38)33-24-6-4-5-21(26(24)29)22-18-36(32-27(22)19-9-11-30-12-10-19)25-8-7-20(17-23(25)28)35-15-13-31-14-16-35/h4-12,17-18,31,33H,3,13-16H2,1-2H3. The third-order valence-electron chi connectivity index (χ3n) is 6.71. The van der Waals surface area contributed by atoms with E-state index in [-0.39, 0.29) is 23.5 Å². The van der Waals surface area contributed by atoms with Crippen LogP contribution in [0.5, 0.6) is 0 Å². The van der Waals surface area contributed by atoms with Crippen LogP contribution < -0.4 is 14.9 Å². The number of piperazine rings is 1. The first-order valence-corrected chi connectivity index (χ1v) is 14.0. The van der Waals surface area contributed by atoms with Crippen molar-refractivity contribution in [3.05, 3.63) is 78.8 Å². The minimum absolute atomic E-state index is 0.116. The highest BCUT2D eigenvalue weighted by Gasteiger charge is 2.23.